The third kappa shape index (κ3) is 8.26. The number of nitriles is 1. The van der Waals surface area contributed by atoms with Crippen molar-refractivity contribution in [1.82, 2.24) is 0 Å². The van der Waals surface area contributed by atoms with Crippen molar-refractivity contribution in [2.45, 2.75) is 39.5 Å². The highest BCUT2D eigenvalue weighted by molar-refractivity contribution is 5.70. The molecular weight excluding hydrogens is 222 g/mol. The van der Waals surface area contributed by atoms with Crippen LogP contribution in [0, 0.1) is 17.2 Å². The smallest absolute Gasteiger partial charge is 0.305 e. The third-order valence-corrected chi connectivity index (χ3v) is 2.19. The summed E-state index contributed by atoms with van der Waals surface area (Å²) in [5, 5.41) is 8.86. The summed E-state index contributed by atoms with van der Waals surface area (Å²) < 4.78 is 9.52. The van der Waals surface area contributed by atoms with E-state index in [-0.39, 0.29) is 30.7 Å². The van der Waals surface area contributed by atoms with Crippen molar-refractivity contribution >= 4 is 11.9 Å². The van der Waals surface area contributed by atoms with Gasteiger partial charge in [-0.05, 0) is 26.7 Å². The van der Waals surface area contributed by atoms with Gasteiger partial charge in [0, 0.05) is 18.8 Å². The van der Waals surface area contributed by atoms with Crippen molar-refractivity contribution in [2.75, 3.05) is 13.2 Å². The zero-order chi connectivity index (χ0) is 13.1. The van der Waals surface area contributed by atoms with Gasteiger partial charge in [-0.3, -0.25) is 9.59 Å². The van der Waals surface area contributed by atoms with E-state index in [1.54, 1.807) is 13.8 Å². The first kappa shape index (κ1) is 15.4. The quantitative estimate of drug-likeness (QED) is 0.606. The Kier molecular flexibility index (Phi) is 8.75. The molecule has 0 rings (SSSR count). The number of rotatable bonds is 8. The van der Waals surface area contributed by atoms with Gasteiger partial charge in [0.05, 0.1) is 19.3 Å². The van der Waals surface area contributed by atoms with Crippen LogP contribution in [0.3, 0.4) is 0 Å². The Bertz CT molecular complexity index is 261. The second-order valence-corrected chi connectivity index (χ2v) is 3.51. The lowest BCUT2D eigenvalue weighted by Crippen LogP contribution is -2.10. The Morgan fingerprint density at radius 3 is 1.76 bits per heavy atom. The lowest BCUT2D eigenvalue weighted by Gasteiger charge is -2.08. The molecule has 0 amide bonds. The van der Waals surface area contributed by atoms with Crippen molar-refractivity contribution in [3.05, 3.63) is 0 Å². The predicted molar refractivity (Wildman–Crippen MR) is 60.8 cm³/mol. The van der Waals surface area contributed by atoms with Gasteiger partial charge in [-0.15, -0.1) is 0 Å². The van der Waals surface area contributed by atoms with Gasteiger partial charge in [-0.2, -0.15) is 5.26 Å². The summed E-state index contributed by atoms with van der Waals surface area (Å²) in [6, 6.07) is 2.08. The van der Waals surface area contributed by atoms with Crippen LogP contribution in [-0.4, -0.2) is 25.2 Å². The zero-order valence-electron chi connectivity index (χ0n) is 10.4. The minimum absolute atomic E-state index is 0.217. The van der Waals surface area contributed by atoms with Gasteiger partial charge in [0.25, 0.3) is 0 Å². The molecule has 0 heterocycles. The number of nitrogens with zero attached hydrogens (tertiary/aromatic N) is 1. The summed E-state index contributed by atoms with van der Waals surface area (Å²) in [6.45, 7) is 4.17. The SMILES string of the molecule is CCOC(=O)CCC(C#N)CCC(=O)OCC. The zero-order valence-corrected chi connectivity index (χ0v) is 10.4. The second kappa shape index (κ2) is 9.64. The molecule has 0 N–H and O–H groups in total. The van der Waals surface area contributed by atoms with Crippen LogP contribution in [0.2, 0.25) is 0 Å². The Morgan fingerprint density at radius 2 is 1.47 bits per heavy atom. The van der Waals surface area contributed by atoms with Crippen LogP contribution in [0.4, 0.5) is 0 Å². The Hall–Kier alpha value is -1.57. The van der Waals surface area contributed by atoms with Crippen LogP contribution in [0.1, 0.15) is 39.5 Å². The van der Waals surface area contributed by atoms with Crippen LogP contribution in [0.25, 0.3) is 0 Å². The molecule has 0 aromatic rings. The maximum absolute atomic E-state index is 11.1. The Morgan fingerprint density at radius 1 is 1.06 bits per heavy atom. The topological polar surface area (TPSA) is 76.4 Å². The molecular formula is C12H19NO4. The molecule has 0 atom stereocenters. The summed E-state index contributed by atoms with van der Waals surface area (Å²) >= 11 is 0. The van der Waals surface area contributed by atoms with E-state index >= 15 is 0 Å². The molecule has 96 valence electrons. The van der Waals surface area contributed by atoms with E-state index < -0.39 is 0 Å². The molecule has 5 nitrogen and oxygen atoms in total. The summed E-state index contributed by atoms with van der Waals surface area (Å²) in [6.07, 6.45) is 1.28. The van der Waals surface area contributed by atoms with E-state index in [9.17, 15) is 9.59 Å². The summed E-state index contributed by atoms with van der Waals surface area (Å²) in [5.41, 5.74) is 0. The first-order valence-electron chi connectivity index (χ1n) is 5.84. The van der Waals surface area contributed by atoms with E-state index in [2.05, 4.69) is 6.07 Å². The first-order valence-corrected chi connectivity index (χ1v) is 5.84. The summed E-state index contributed by atoms with van der Waals surface area (Å²) in [7, 11) is 0. The Labute approximate surface area is 102 Å². The van der Waals surface area contributed by atoms with Crippen LogP contribution >= 0.6 is 0 Å². The highest BCUT2D eigenvalue weighted by Gasteiger charge is 2.13. The maximum Gasteiger partial charge on any atom is 0.305 e. The molecule has 17 heavy (non-hydrogen) atoms. The molecule has 0 aliphatic rings. The van der Waals surface area contributed by atoms with Gasteiger partial charge in [-0.1, -0.05) is 0 Å². The van der Waals surface area contributed by atoms with Gasteiger partial charge in [0.2, 0.25) is 0 Å². The average molecular weight is 241 g/mol. The number of hydrogen-bond donors (Lipinski definition) is 0. The lowest BCUT2D eigenvalue weighted by atomic mass is 9.99. The third-order valence-electron chi connectivity index (χ3n) is 2.19. The van der Waals surface area contributed by atoms with Crippen LogP contribution in [0.15, 0.2) is 0 Å². The second-order valence-electron chi connectivity index (χ2n) is 3.51. The fourth-order valence-electron chi connectivity index (χ4n) is 1.32. The molecule has 0 radical (unpaired) electrons. The number of esters is 2. The van der Waals surface area contributed by atoms with E-state index in [0.717, 1.165) is 0 Å². The van der Waals surface area contributed by atoms with E-state index in [1.165, 1.54) is 0 Å². The standard InChI is InChI=1S/C12H19NO4/c1-3-16-11(14)7-5-10(9-13)6-8-12(15)17-4-2/h10H,3-8H2,1-2H3. The number of hydrogen-bond acceptors (Lipinski definition) is 5. The van der Waals surface area contributed by atoms with Gasteiger partial charge in [0.15, 0.2) is 0 Å². The number of ether oxygens (including phenoxy) is 2. The van der Waals surface area contributed by atoms with Crippen LogP contribution in [-0.2, 0) is 19.1 Å². The van der Waals surface area contributed by atoms with E-state index in [1.807, 2.05) is 0 Å². The van der Waals surface area contributed by atoms with Gasteiger partial charge < -0.3 is 9.47 Å². The molecule has 0 spiro atoms. The average Bonchev–Trinajstić information content (AvgIpc) is 2.30. The molecule has 0 aliphatic heterocycles. The molecule has 0 aliphatic carbocycles. The normalized spacial score (nSPS) is 9.76. The molecule has 0 aromatic carbocycles. The molecule has 0 bridgehead atoms. The van der Waals surface area contributed by atoms with Crippen molar-refractivity contribution < 1.29 is 19.1 Å². The highest BCUT2D eigenvalue weighted by atomic mass is 16.5. The molecule has 0 saturated carbocycles. The predicted octanol–water partition coefficient (Wildman–Crippen LogP) is 1.81. The number of carbonyl (C=O) groups is 2. The largest absolute Gasteiger partial charge is 0.466 e. The molecule has 5 heteroatoms. The van der Waals surface area contributed by atoms with E-state index in [0.29, 0.717) is 26.1 Å². The fourth-order valence-corrected chi connectivity index (χ4v) is 1.32. The van der Waals surface area contributed by atoms with Crippen molar-refractivity contribution in [3.63, 3.8) is 0 Å². The summed E-state index contributed by atoms with van der Waals surface area (Å²) in [5.74, 6) is -0.906. The maximum atomic E-state index is 11.1. The van der Waals surface area contributed by atoms with Crippen LogP contribution < -0.4 is 0 Å². The number of carbonyl (C=O) groups excluding carboxylic acids is 2. The Balaban J connectivity index is 3.81. The molecule has 0 aromatic heterocycles. The van der Waals surface area contributed by atoms with E-state index in [4.69, 9.17) is 14.7 Å². The van der Waals surface area contributed by atoms with Gasteiger partial charge in [-0.25, -0.2) is 0 Å². The van der Waals surface area contributed by atoms with Crippen LogP contribution in [0.5, 0.6) is 0 Å². The highest BCUT2D eigenvalue weighted by Crippen LogP contribution is 2.13. The van der Waals surface area contributed by atoms with Crippen molar-refractivity contribution in [1.29, 1.82) is 5.26 Å². The minimum Gasteiger partial charge on any atom is -0.466 e. The molecule has 0 fully saturated rings. The van der Waals surface area contributed by atoms with Crippen molar-refractivity contribution in [2.24, 2.45) is 5.92 Å². The van der Waals surface area contributed by atoms with Gasteiger partial charge in [0.1, 0.15) is 0 Å². The first-order chi connectivity index (χ1) is 8.13. The fraction of sp³-hybridized carbons (Fsp3) is 0.750. The molecule has 0 saturated heterocycles. The lowest BCUT2D eigenvalue weighted by molar-refractivity contribution is -0.143. The van der Waals surface area contributed by atoms with Gasteiger partial charge >= 0.3 is 11.9 Å². The minimum atomic E-state index is -0.302. The van der Waals surface area contributed by atoms with Crippen molar-refractivity contribution in [3.8, 4) is 6.07 Å². The summed E-state index contributed by atoms with van der Waals surface area (Å²) in [4.78, 5) is 22.2. The monoisotopic (exact) mass is 241 g/mol. The molecule has 0 unspecified atom stereocenters.